The molecule has 0 fully saturated rings. The van der Waals surface area contributed by atoms with Gasteiger partial charge in [-0.05, 0) is 36.2 Å². The number of amides is 1. The number of aryl methyl sites for hydroxylation is 1. The van der Waals surface area contributed by atoms with Crippen molar-refractivity contribution in [1.82, 2.24) is 39.4 Å². The zero-order valence-corrected chi connectivity index (χ0v) is 20.4. The molecule has 10 nitrogen and oxygen atoms in total. The minimum absolute atomic E-state index is 0.0442. The third-order valence-electron chi connectivity index (χ3n) is 5.92. The zero-order chi connectivity index (χ0) is 26.9. The number of anilines is 2. The van der Waals surface area contributed by atoms with Gasteiger partial charge in [-0.15, -0.1) is 0 Å². The van der Waals surface area contributed by atoms with Crippen LogP contribution in [0.1, 0.15) is 34.2 Å². The van der Waals surface area contributed by atoms with Gasteiger partial charge in [0.15, 0.2) is 17.2 Å². The molecule has 0 aliphatic rings. The van der Waals surface area contributed by atoms with Gasteiger partial charge in [0.2, 0.25) is 0 Å². The maximum Gasteiger partial charge on any atom is 0.435 e. The largest absolute Gasteiger partial charge is 0.435 e. The molecule has 1 aromatic carbocycles. The van der Waals surface area contributed by atoms with Crippen molar-refractivity contribution in [3.05, 3.63) is 84.1 Å². The number of halogens is 3. The van der Waals surface area contributed by atoms with E-state index in [1.165, 1.54) is 46.4 Å². The second-order valence-electron chi connectivity index (χ2n) is 8.33. The first-order chi connectivity index (χ1) is 18.3. The summed E-state index contributed by atoms with van der Waals surface area (Å²) in [6.45, 7) is 1.98. The highest BCUT2D eigenvalue weighted by Gasteiger charge is 2.38. The Morgan fingerprint density at radius 1 is 1.11 bits per heavy atom. The van der Waals surface area contributed by atoms with Crippen molar-refractivity contribution in [3.63, 3.8) is 0 Å². The minimum atomic E-state index is -4.69. The third-order valence-corrected chi connectivity index (χ3v) is 5.92. The molecule has 4 heterocycles. The molecule has 0 unspecified atom stereocenters. The van der Waals surface area contributed by atoms with Gasteiger partial charge in [0, 0.05) is 43.1 Å². The lowest BCUT2D eigenvalue weighted by Gasteiger charge is -2.12. The van der Waals surface area contributed by atoms with Gasteiger partial charge in [-0.2, -0.15) is 18.3 Å². The number of benzene rings is 1. The van der Waals surface area contributed by atoms with Crippen molar-refractivity contribution in [2.75, 3.05) is 12.4 Å². The van der Waals surface area contributed by atoms with Gasteiger partial charge in [0.1, 0.15) is 6.33 Å². The first-order valence-electron chi connectivity index (χ1n) is 11.6. The molecular formula is C25H22F3N9O. The second kappa shape index (κ2) is 9.92. The van der Waals surface area contributed by atoms with Crippen LogP contribution in [0.3, 0.4) is 0 Å². The molecule has 5 aromatic rings. The van der Waals surface area contributed by atoms with Crippen LogP contribution in [0.15, 0.2) is 61.6 Å². The Balaban J connectivity index is 1.53. The molecule has 13 heteroatoms. The van der Waals surface area contributed by atoms with Gasteiger partial charge in [-0.25, -0.2) is 19.9 Å². The Hall–Kier alpha value is -4.81. The van der Waals surface area contributed by atoms with E-state index in [1.807, 2.05) is 13.0 Å². The van der Waals surface area contributed by atoms with Crippen LogP contribution in [0.4, 0.5) is 24.7 Å². The summed E-state index contributed by atoms with van der Waals surface area (Å²) >= 11 is 0. The Morgan fingerprint density at radius 3 is 2.66 bits per heavy atom. The van der Waals surface area contributed by atoms with Gasteiger partial charge in [-0.3, -0.25) is 13.9 Å². The summed E-state index contributed by atoms with van der Waals surface area (Å²) in [5.74, 6) is 0.155. The van der Waals surface area contributed by atoms with Crippen molar-refractivity contribution in [2.45, 2.75) is 26.1 Å². The zero-order valence-electron chi connectivity index (χ0n) is 20.4. The van der Waals surface area contributed by atoms with Gasteiger partial charge >= 0.3 is 6.18 Å². The summed E-state index contributed by atoms with van der Waals surface area (Å²) in [6, 6.07) is 6.88. The maximum atomic E-state index is 14.0. The third kappa shape index (κ3) is 4.77. The van der Waals surface area contributed by atoms with E-state index in [9.17, 15) is 18.0 Å². The molecule has 1 amide bonds. The fourth-order valence-corrected chi connectivity index (χ4v) is 4.14. The van der Waals surface area contributed by atoms with Crippen LogP contribution in [0.5, 0.6) is 0 Å². The van der Waals surface area contributed by atoms with Crippen LogP contribution in [0.2, 0.25) is 0 Å². The number of hydrogen-bond acceptors (Lipinski definition) is 7. The van der Waals surface area contributed by atoms with Crippen molar-refractivity contribution in [3.8, 4) is 11.3 Å². The molecule has 2 N–H and O–H groups in total. The van der Waals surface area contributed by atoms with Crippen molar-refractivity contribution in [1.29, 1.82) is 0 Å². The highest BCUT2D eigenvalue weighted by Crippen LogP contribution is 2.37. The fourth-order valence-electron chi connectivity index (χ4n) is 4.14. The number of aromatic nitrogens is 7. The molecule has 5 rings (SSSR count). The van der Waals surface area contributed by atoms with Crippen LogP contribution in [-0.2, 0) is 19.1 Å². The van der Waals surface area contributed by atoms with Gasteiger partial charge < -0.3 is 10.6 Å². The lowest BCUT2D eigenvalue weighted by molar-refractivity contribution is -0.141. The smallest absolute Gasteiger partial charge is 0.355 e. The standard InChI is InChI=1S/C25H22F3N9O/c1-3-15-10-16(4-5-18(15)24(38)29-2)34-22-23-32-11-20(37(23)9-8-31-22)19-13-36(35-21(19)25(26,27)28)12-17-6-7-30-14-33-17/h4-11,13-14H,3,12H2,1-2H3,(H,29,38)(H,31,34). The van der Waals surface area contributed by atoms with E-state index in [4.69, 9.17) is 0 Å². The Labute approximate surface area is 214 Å². The molecule has 0 bridgehead atoms. The van der Waals surface area contributed by atoms with Gasteiger partial charge in [0.25, 0.3) is 5.91 Å². The number of nitrogens with one attached hydrogen (secondary N) is 2. The molecule has 0 aliphatic carbocycles. The topological polar surface area (TPSA) is 115 Å². The average Bonchev–Trinajstić information content (AvgIpc) is 3.53. The van der Waals surface area contributed by atoms with E-state index in [0.29, 0.717) is 34.8 Å². The van der Waals surface area contributed by atoms with Crippen LogP contribution < -0.4 is 10.6 Å². The molecule has 38 heavy (non-hydrogen) atoms. The quantitative estimate of drug-likeness (QED) is 0.331. The van der Waals surface area contributed by atoms with E-state index in [2.05, 4.69) is 35.7 Å². The van der Waals surface area contributed by atoms with Gasteiger partial charge in [-0.1, -0.05) is 6.92 Å². The van der Waals surface area contributed by atoms with Gasteiger partial charge in [0.05, 0.1) is 29.7 Å². The van der Waals surface area contributed by atoms with Crippen LogP contribution in [0, 0.1) is 0 Å². The summed E-state index contributed by atoms with van der Waals surface area (Å²) in [5, 5.41) is 9.59. The van der Waals surface area contributed by atoms with Crippen LogP contribution >= 0.6 is 0 Å². The SMILES string of the molecule is CCc1cc(Nc2nccn3c(-c4cn(Cc5ccncn5)nc4C(F)(F)F)cnc23)ccc1C(=O)NC. The molecule has 194 valence electrons. The highest BCUT2D eigenvalue weighted by atomic mass is 19.4. The minimum Gasteiger partial charge on any atom is -0.355 e. The molecule has 0 spiro atoms. The number of rotatable bonds is 7. The number of alkyl halides is 3. The molecule has 0 saturated carbocycles. The molecule has 0 aliphatic heterocycles. The lowest BCUT2D eigenvalue weighted by Crippen LogP contribution is -2.19. The van der Waals surface area contributed by atoms with Crippen molar-refractivity contribution < 1.29 is 18.0 Å². The summed E-state index contributed by atoms with van der Waals surface area (Å²) in [5.41, 5.74) is 1.95. The number of carbonyl (C=O) groups is 1. The lowest BCUT2D eigenvalue weighted by atomic mass is 10.0. The summed E-state index contributed by atoms with van der Waals surface area (Å²) in [6.07, 6.45) is 4.47. The molecule has 0 saturated heterocycles. The van der Waals surface area contributed by atoms with E-state index in [-0.39, 0.29) is 23.7 Å². The second-order valence-corrected chi connectivity index (χ2v) is 8.33. The first-order valence-corrected chi connectivity index (χ1v) is 11.6. The molecule has 0 radical (unpaired) electrons. The number of carbonyl (C=O) groups excluding carboxylic acids is 1. The molecular weight excluding hydrogens is 499 g/mol. The predicted molar refractivity (Wildman–Crippen MR) is 133 cm³/mol. The number of imidazole rings is 1. The maximum absolute atomic E-state index is 14.0. The predicted octanol–water partition coefficient (Wildman–Crippen LogP) is 4.12. The van der Waals surface area contributed by atoms with E-state index >= 15 is 0 Å². The van der Waals surface area contributed by atoms with Crippen molar-refractivity contribution in [2.24, 2.45) is 0 Å². The van der Waals surface area contributed by atoms with E-state index in [1.54, 1.807) is 25.2 Å². The van der Waals surface area contributed by atoms with Crippen LogP contribution in [-0.4, -0.2) is 47.1 Å². The normalized spacial score (nSPS) is 11.6. The highest BCUT2D eigenvalue weighted by molar-refractivity contribution is 5.96. The summed E-state index contributed by atoms with van der Waals surface area (Å²) in [4.78, 5) is 28.7. The summed E-state index contributed by atoms with van der Waals surface area (Å²) in [7, 11) is 1.57. The average molecular weight is 522 g/mol. The fraction of sp³-hybridized carbons (Fsp3) is 0.200. The Bertz CT molecular complexity index is 1610. The molecule has 4 aromatic heterocycles. The number of hydrogen-bond donors (Lipinski definition) is 2. The van der Waals surface area contributed by atoms with E-state index in [0.717, 1.165) is 5.56 Å². The number of nitrogens with zero attached hydrogens (tertiary/aromatic N) is 7. The monoisotopic (exact) mass is 521 g/mol. The Kier molecular flexibility index (Phi) is 6.49. The number of fused-ring (bicyclic) bond motifs is 1. The van der Waals surface area contributed by atoms with E-state index < -0.39 is 11.9 Å². The Morgan fingerprint density at radius 2 is 1.95 bits per heavy atom. The molecule has 0 atom stereocenters. The van der Waals surface area contributed by atoms with Crippen LogP contribution in [0.25, 0.3) is 16.9 Å². The summed E-state index contributed by atoms with van der Waals surface area (Å²) < 4.78 is 44.6. The van der Waals surface area contributed by atoms with Crippen molar-refractivity contribution >= 4 is 23.1 Å². The first kappa shape index (κ1) is 24.9.